The Bertz CT molecular complexity index is 393. The van der Waals surface area contributed by atoms with Gasteiger partial charge in [-0.05, 0) is 18.9 Å². The number of hydrogen-bond acceptors (Lipinski definition) is 3. The molecule has 6 heteroatoms. The molecule has 0 aliphatic carbocycles. The molecule has 1 unspecified atom stereocenters. The van der Waals surface area contributed by atoms with Crippen LogP contribution in [0.3, 0.4) is 0 Å². The molecular formula is C10H13F2N2OP. The van der Waals surface area contributed by atoms with Crippen LogP contribution in [0.1, 0.15) is 26.1 Å². The van der Waals surface area contributed by atoms with Gasteiger partial charge in [-0.1, -0.05) is 33.5 Å². The van der Waals surface area contributed by atoms with Crippen LogP contribution in [0.2, 0.25) is 0 Å². The van der Waals surface area contributed by atoms with Gasteiger partial charge >= 0.3 is 0 Å². The predicted molar refractivity (Wildman–Crippen MR) is 61.0 cm³/mol. The molecule has 88 valence electrons. The Kier molecular flexibility index (Phi) is 4.30. The van der Waals surface area contributed by atoms with Crippen molar-refractivity contribution in [2.45, 2.75) is 25.9 Å². The second-order valence-corrected chi connectivity index (χ2v) is 4.00. The van der Waals surface area contributed by atoms with Crippen LogP contribution in [-0.4, -0.2) is 15.8 Å². The maximum atomic E-state index is 12.8. The van der Waals surface area contributed by atoms with Gasteiger partial charge in [-0.3, -0.25) is 0 Å². The van der Waals surface area contributed by atoms with Gasteiger partial charge in [0.15, 0.2) is 5.82 Å². The Labute approximate surface area is 94.8 Å². The zero-order chi connectivity index (χ0) is 12.2. The molecule has 1 atom stereocenters. The number of aromatic nitrogens is 2. The van der Waals surface area contributed by atoms with Crippen LogP contribution < -0.4 is 0 Å². The molecule has 0 radical (unpaired) electrons. The first-order chi connectivity index (χ1) is 7.45. The highest BCUT2D eigenvalue weighted by Gasteiger charge is 2.22. The third-order valence-corrected chi connectivity index (χ3v) is 2.55. The van der Waals surface area contributed by atoms with E-state index in [4.69, 9.17) is 0 Å². The minimum atomic E-state index is -2.88. The summed E-state index contributed by atoms with van der Waals surface area (Å²) in [5.41, 5.74) is -2.17. The summed E-state index contributed by atoms with van der Waals surface area (Å²) in [6.45, 7) is 3.26. The van der Waals surface area contributed by atoms with Gasteiger partial charge < -0.3 is 4.52 Å². The van der Waals surface area contributed by atoms with Gasteiger partial charge in [0.05, 0.1) is 0 Å². The van der Waals surface area contributed by atoms with Crippen molar-refractivity contribution >= 4 is 14.8 Å². The minimum Gasteiger partial charge on any atom is -0.342 e. The number of rotatable bonds is 4. The van der Waals surface area contributed by atoms with E-state index in [1.165, 1.54) is 28.6 Å². The largest absolute Gasteiger partial charge is 0.342 e. The SMILES string of the molecule is CC/C(=C\C=C(/C)C(F)(F)P)c1ncon1. The molecule has 1 rings (SSSR count). The molecule has 1 aromatic heterocycles. The van der Waals surface area contributed by atoms with E-state index in [2.05, 4.69) is 14.7 Å². The van der Waals surface area contributed by atoms with Crippen LogP contribution in [0.5, 0.6) is 0 Å². The first-order valence-electron chi connectivity index (χ1n) is 4.76. The highest BCUT2D eigenvalue weighted by Crippen LogP contribution is 2.31. The summed E-state index contributed by atoms with van der Waals surface area (Å²) in [5.74, 6) is 0.429. The van der Waals surface area contributed by atoms with E-state index in [9.17, 15) is 8.78 Å². The van der Waals surface area contributed by atoms with E-state index in [0.29, 0.717) is 12.2 Å². The Morgan fingerprint density at radius 3 is 2.69 bits per heavy atom. The van der Waals surface area contributed by atoms with Crippen LogP contribution in [0.15, 0.2) is 28.6 Å². The summed E-state index contributed by atoms with van der Waals surface area (Å²) in [6.07, 6.45) is 4.80. The van der Waals surface area contributed by atoms with Crippen LogP contribution in [0.4, 0.5) is 8.78 Å². The Balaban J connectivity index is 2.91. The molecule has 0 aliphatic heterocycles. The standard InChI is InChI=1S/C10H13F2N2OP/c1-3-8(9-13-6-15-14-9)5-4-7(2)10(11,12)16/h4-6H,3,16H2,1-2H3/b7-4+,8-5+. The summed E-state index contributed by atoms with van der Waals surface area (Å²) in [4.78, 5) is 3.86. The molecule has 3 nitrogen and oxygen atoms in total. The van der Waals surface area contributed by atoms with E-state index in [1.54, 1.807) is 6.08 Å². The van der Waals surface area contributed by atoms with Gasteiger partial charge in [-0.25, -0.2) is 0 Å². The summed E-state index contributed by atoms with van der Waals surface area (Å²) in [7, 11) is 1.50. The second-order valence-electron chi connectivity index (χ2n) is 3.27. The number of halogens is 2. The lowest BCUT2D eigenvalue weighted by Gasteiger charge is -2.09. The first kappa shape index (κ1) is 13.0. The van der Waals surface area contributed by atoms with Crippen LogP contribution in [0, 0.1) is 0 Å². The van der Waals surface area contributed by atoms with Gasteiger partial charge in [-0.2, -0.15) is 13.8 Å². The fourth-order valence-electron chi connectivity index (χ4n) is 0.999. The highest BCUT2D eigenvalue weighted by atomic mass is 31.0. The molecule has 1 aromatic rings. The van der Waals surface area contributed by atoms with Gasteiger partial charge in [0, 0.05) is 5.57 Å². The Hall–Kier alpha value is -1.09. The van der Waals surface area contributed by atoms with Gasteiger partial charge in [-0.15, -0.1) is 0 Å². The van der Waals surface area contributed by atoms with Crippen molar-refractivity contribution in [2.24, 2.45) is 0 Å². The summed E-state index contributed by atoms with van der Waals surface area (Å²) >= 11 is 0. The molecule has 0 aromatic carbocycles. The second kappa shape index (κ2) is 5.30. The van der Waals surface area contributed by atoms with Gasteiger partial charge in [0.25, 0.3) is 5.66 Å². The van der Waals surface area contributed by atoms with Crippen molar-refractivity contribution in [3.05, 3.63) is 29.9 Å². The molecular weight excluding hydrogens is 233 g/mol. The molecule has 0 amide bonds. The van der Waals surface area contributed by atoms with Crippen LogP contribution >= 0.6 is 9.24 Å². The molecule has 0 spiro atoms. The number of nitrogens with zero attached hydrogens (tertiary/aromatic N) is 2. The maximum absolute atomic E-state index is 12.8. The van der Waals surface area contributed by atoms with E-state index < -0.39 is 5.66 Å². The van der Waals surface area contributed by atoms with Crippen molar-refractivity contribution < 1.29 is 13.3 Å². The van der Waals surface area contributed by atoms with Crippen LogP contribution in [-0.2, 0) is 0 Å². The van der Waals surface area contributed by atoms with Crippen molar-refractivity contribution in [1.29, 1.82) is 0 Å². The number of allylic oxidation sites excluding steroid dienone is 4. The lowest BCUT2D eigenvalue weighted by atomic mass is 10.1. The quantitative estimate of drug-likeness (QED) is 0.604. The lowest BCUT2D eigenvalue weighted by molar-refractivity contribution is 0.147. The summed E-state index contributed by atoms with van der Waals surface area (Å²) in [6, 6.07) is 0. The van der Waals surface area contributed by atoms with E-state index >= 15 is 0 Å². The van der Waals surface area contributed by atoms with Gasteiger partial charge in [0.2, 0.25) is 6.39 Å². The minimum absolute atomic E-state index is 0.0352. The topological polar surface area (TPSA) is 38.9 Å². The first-order valence-corrected chi connectivity index (χ1v) is 5.34. The van der Waals surface area contributed by atoms with E-state index in [0.717, 1.165) is 5.57 Å². The molecule has 0 N–H and O–H groups in total. The fourth-order valence-corrected chi connectivity index (χ4v) is 1.10. The monoisotopic (exact) mass is 246 g/mol. The summed E-state index contributed by atoms with van der Waals surface area (Å²) in [5, 5.41) is 3.65. The zero-order valence-corrected chi connectivity index (χ0v) is 10.2. The van der Waals surface area contributed by atoms with Crippen molar-refractivity contribution in [2.75, 3.05) is 0 Å². The average Bonchev–Trinajstić information content (AvgIpc) is 2.70. The predicted octanol–water partition coefficient (Wildman–Crippen LogP) is 3.28. The Morgan fingerprint density at radius 2 is 2.25 bits per heavy atom. The summed E-state index contributed by atoms with van der Waals surface area (Å²) < 4.78 is 30.3. The normalized spacial score (nSPS) is 14.3. The molecule has 1 heterocycles. The zero-order valence-electron chi connectivity index (χ0n) is 9.08. The molecule has 0 aliphatic rings. The number of hydrogen-bond donors (Lipinski definition) is 0. The van der Waals surface area contributed by atoms with Gasteiger partial charge in [0.1, 0.15) is 0 Å². The van der Waals surface area contributed by atoms with E-state index in [1.807, 2.05) is 6.92 Å². The molecule has 0 bridgehead atoms. The molecule has 0 saturated carbocycles. The molecule has 16 heavy (non-hydrogen) atoms. The smallest absolute Gasteiger partial charge is 0.280 e. The molecule has 0 saturated heterocycles. The van der Waals surface area contributed by atoms with Crippen LogP contribution in [0.25, 0.3) is 5.57 Å². The van der Waals surface area contributed by atoms with Crippen molar-refractivity contribution in [3.63, 3.8) is 0 Å². The fraction of sp³-hybridized carbons (Fsp3) is 0.400. The average molecular weight is 246 g/mol. The maximum Gasteiger partial charge on any atom is 0.280 e. The van der Waals surface area contributed by atoms with Crippen molar-refractivity contribution in [1.82, 2.24) is 10.1 Å². The Morgan fingerprint density at radius 1 is 1.56 bits per heavy atom. The van der Waals surface area contributed by atoms with Crippen molar-refractivity contribution in [3.8, 4) is 0 Å². The van der Waals surface area contributed by atoms with E-state index in [-0.39, 0.29) is 5.57 Å². The number of alkyl halides is 2. The third kappa shape index (κ3) is 3.49. The molecule has 0 fully saturated rings. The lowest BCUT2D eigenvalue weighted by Crippen LogP contribution is -2.05. The highest BCUT2D eigenvalue weighted by molar-refractivity contribution is 7.18. The third-order valence-electron chi connectivity index (χ3n) is 2.09.